The van der Waals surface area contributed by atoms with Crippen LogP contribution in [0.15, 0.2) is 24.3 Å². The first-order chi connectivity index (χ1) is 7.66. The topological polar surface area (TPSA) is 23.6 Å². The van der Waals surface area contributed by atoms with Crippen molar-refractivity contribution in [2.45, 2.75) is 0 Å². The van der Waals surface area contributed by atoms with Crippen molar-refractivity contribution in [3.8, 4) is 0 Å². The molecule has 1 aliphatic heterocycles. The molecule has 1 saturated heterocycles. The summed E-state index contributed by atoms with van der Waals surface area (Å²) in [6.07, 6.45) is 0. The van der Waals surface area contributed by atoms with E-state index in [4.69, 9.17) is 23.2 Å². The van der Waals surface area contributed by atoms with Crippen LogP contribution in [0.4, 0.5) is 10.5 Å². The highest BCUT2D eigenvalue weighted by Gasteiger charge is 2.19. The minimum atomic E-state index is -0.370. The van der Waals surface area contributed by atoms with E-state index < -0.39 is 0 Å². The average Bonchev–Trinajstić information content (AvgIpc) is 2.29. The second-order valence-electron chi connectivity index (χ2n) is 3.71. The van der Waals surface area contributed by atoms with Crippen LogP contribution in [0.2, 0.25) is 5.02 Å². The Morgan fingerprint density at radius 2 is 1.88 bits per heavy atom. The molecular formula is C11H12Cl2N2O. The number of anilines is 1. The molecule has 0 N–H and O–H groups in total. The number of carbonyl (C=O) groups is 1. The van der Waals surface area contributed by atoms with Crippen LogP contribution in [-0.2, 0) is 0 Å². The van der Waals surface area contributed by atoms with Crippen molar-refractivity contribution in [3.05, 3.63) is 29.3 Å². The molecule has 1 aliphatic rings. The summed E-state index contributed by atoms with van der Waals surface area (Å²) in [5.41, 5.74) is 1.09. The number of halogens is 2. The minimum absolute atomic E-state index is 0.370. The Bertz CT molecular complexity index is 389. The predicted molar refractivity (Wildman–Crippen MR) is 66.5 cm³/mol. The summed E-state index contributed by atoms with van der Waals surface area (Å²) in [6.45, 7) is 2.90. The largest absolute Gasteiger partial charge is 0.368 e. The zero-order valence-electron chi connectivity index (χ0n) is 8.70. The molecule has 0 unspecified atom stereocenters. The lowest BCUT2D eigenvalue weighted by Gasteiger charge is -2.35. The van der Waals surface area contributed by atoms with E-state index >= 15 is 0 Å². The van der Waals surface area contributed by atoms with E-state index in [1.807, 2.05) is 24.3 Å². The summed E-state index contributed by atoms with van der Waals surface area (Å²) < 4.78 is 0. The lowest BCUT2D eigenvalue weighted by molar-refractivity contribution is 0.218. The van der Waals surface area contributed by atoms with Crippen LogP contribution >= 0.6 is 23.2 Å². The van der Waals surface area contributed by atoms with Gasteiger partial charge in [0.25, 0.3) is 0 Å². The second kappa shape index (κ2) is 4.93. The first-order valence-electron chi connectivity index (χ1n) is 5.12. The average molecular weight is 259 g/mol. The van der Waals surface area contributed by atoms with E-state index in [9.17, 15) is 4.79 Å². The third-order valence-electron chi connectivity index (χ3n) is 2.70. The van der Waals surface area contributed by atoms with Gasteiger partial charge in [0.05, 0.1) is 0 Å². The van der Waals surface area contributed by atoms with Crippen molar-refractivity contribution >= 4 is 34.3 Å². The van der Waals surface area contributed by atoms with Crippen LogP contribution in [0, 0.1) is 0 Å². The fraction of sp³-hybridized carbons (Fsp3) is 0.364. The zero-order valence-corrected chi connectivity index (χ0v) is 10.2. The van der Waals surface area contributed by atoms with Gasteiger partial charge < -0.3 is 9.80 Å². The molecule has 0 saturated carbocycles. The number of piperazine rings is 1. The molecule has 16 heavy (non-hydrogen) atoms. The third kappa shape index (κ3) is 2.60. The first kappa shape index (κ1) is 11.6. The van der Waals surface area contributed by atoms with Crippen molar-refractivity contribution in [2.75, 3.05) is 31.1 Å². The highest BCUT2D eigenvalue weighted by Crippen LogP contribution is 2.20. The summed E-state index contributed by atoms with van der Waals surface area (Å²) in [4.78, 5) is 14.8. The van der Waals surface area contributed by atoms with E-state index in [0.717, 1.165) is 23.8 Å². The molecule has 5 heteroatoms. The fourth-order valence-corrected chi connectivity index (χ4v) is 2.17. The lowest BCUT2D eigenvalue weighted by Crippen LogP contribution is -2.47. The van der Waals surface area contributed by atoms with Gasteiger partial charge >= 0.3 is 5.37 Å². The molecule has 1 aromatic carbocycles. The summed E-state index contributed by atoms with van der Waals surface area (Å²) in [5, 5.41) is 0.360. The Kier molecular flexibility index (Phi) is 3.56. The molecule has 0 atom stereocenters. The fourth-order valence-electron chi connectivity index (χ4n) is 1.81. The molecule has 0 spiro atoms. The Balaban J connectivity index is 2.01. The van der Waals surface area contributed by atoms with Gasteiger partial charge in [0.15, 0.2) is 0 Å². The zero-order chi connectivity index (χ0) is 11.5. The van der Waals surface area contributed by atoms with E-state index in [1.54, 1.807) is 4.90 Å². The van der Waals surface area contributed by atoms with Crippen LogP contribution in [0.3, 0.4) is 0 Å². The highest BCUT2D eigenvalue weighted by atomic mass is 35.5. The van der Waals surface area contributed by atoms with Gasteiger partial charge in [-0.25, -0.2) is 0 Å². The SMILES string of the molecule is O=C(Cl)N1CCN(c2cccc(Cl)c2)CC1. The molecule has 0 aliphatic carbocycles. The van der Waals surface area contributed by atoms with Crippen molar-refractivity contribution in [3.63, 3.8) is 0 Å². The number of rotatable bonds is 1. The number of benzene rings is 1. The van der Waals surface area contributed by atoms with Gasteiger partial charge in [0.1, 0.15) is 0 Å². The molecule has 0 radical (unpaired) electrons. The van der Waals surface area contributed by atoms with Gasteiger partial charge in [-0.3, -0.25) is 4.79 Å². The van der Waals surface area contributed by atoms with Crippen molar-refractivity contribution in [1.29, 1.82) is 0 Å². The van der Waals surface area contributed by atoms with Crippen LogP contribution in [0.25, 0.3) is 0 Å². The van der Waals surface area contributed by atoms with Crippen molar-refractivity contribution in [2.24, 2.45) is 0 Å². The summed E-state index contributed by atoms with van der Waals surface area (Å²) in [5.74, 6) is 0. The number of amides is 1. The van der Waals surface area contributed by atoms with Crippen molar-refractivity contribution in [1.82, 2.24) is 4.90 Å². The normalized spacial score (nSPS) is 16.4. The maximum Gasteiger partial charge on any atom is 0.316 e. The van der Waals surface area contributed by atoms with E-state index in [2.05, 4.69) is 4.90 Å². The maximum atomic E-state index is 10.9. The highest BCUT2D eigenvalue weighted by molar-refractivity contribution is 6.62. The molecule has 1 aromatic rings. The molecule has 1 fully saturated rings. The Labute approximate surface area is 105 Å². The van der Waals surface area contributed by atoms with Gasteiger partial charge in [-0.2, -0.15) is 0 Å². The van der Waals surface area contributed by atoms with Gasteiger partial charge in [-0.1, -0.05) is 17.7 Å². The van der Waals surface area contributed by atoms with Gasteiger partial charge in [-0.15, -0.1) is 0 Å². The summed E-state index contributed by atoms with van der Waals surface area (Å²) in [6, 6.07) is 7.73. The van der Waals surface area contributed by atoms with Crippen LogP contribution in [0.1, 0.15) is 0 Å². The molecule has 2 rings (SSSR count). The smallest absolute Gasteiger partial charge is 0.316 e. The number of hydrogen-bond donors (Lipinski definition) is 0. The van der Waals surface area contributed by atoms with Gasteiger partial charge in [0, 0.05) is 36.9 Å². The number of hydrogen-bond acceptors (Lipinski definition) is 2. The number of nitrogens with zero attached hydrogens (tertiary/aromatic N) is 2. The van der Waals surface area contributed by atoms with E-state index in [1.165, 1.54) is 0 Å². The molecule has 0 bridgehead atoms. The van der Waals surface area contributed by atoms with Gasteiger partial charge in [-0.05, 0) is 29.8 Å². The van der Waals surface area contributed by atoms with Crippen LogP contribution < -0.4 is 4.90 Å². The van der Waals surface area contributed by atoms with Gasteiger partial charge in [0.2, 0.25) is 0 Å². The van der Waals surface area contributed by atoms with E-state index in [-0.39, 0.29) is 5.37 Å². The molecular weight excluding hydrogens is 247 g/mol. The molecule has 0 aromatic heterocycles. The Morgan fingerprint density at radius 3 is 2.44 bits per heavy atom. The molecule has 86 valence electrons. The molecule has 1 amide bonds. The Morgan fingerprint density at radius 1 is 1.19 bits per heavy atom. The van der Waals surface area contributed by atoms with Crippen LogP contribution in [0.5, 0.6) is 0 Å². The first-order valence-corrected chi connectivity index (χ1v) is 5.87. The van der Waals surface area contributed by atoms with Crippen molar-refractivity contribution < 1.29 is 4.79 Å². The standard InChI is InChI=1S/C11H12Cl2N2O/c12-9-2-1-3-10(8-9)14-4-6-15(7-5-14)11(13)16/h1-3,8H,4-7H2. The Hall–Kier alpha value is -0.930. The third-order valence-corrected chi connectivity index (χ3v) is 3.18. The van der Waals surface area contributed by atoms with Crippen LogP contribution in [-0.4, -0.2) is 36.4 Å². The maximum absolute atomic E-state index is 10.9. The van der Waals surface area contributed by atoms with E-state index in [0.29, 0.717) is 13.1 Å². The lowest BCUT2D eigenvalue weighted by atomic mass is 10.2. The number of carbonyl (C=O) groups excluding carboxylic acids is 1. The second-order valence-corrected chi connectivity index (χ2v) is 4.47. The predicted octanol–water partition coefficient (Wildman–Crippen LogP) is 2.82. The quantitative estimate of drug-likeness (QED) is 0.572. The summed E-state index contributed by atoms with van der Waals surface area (Å²) >= 11 is 11.4. The monoisotopic (exact) mass is 258 g/mol. The summed E-state index contributed by atoms with van der Waals surface area (Å²) in [7, 11) is 0. The molecule has 3 nitrogen and oxygen atoms in total. The minimum Gasteiger partial charge on any atom is -0.368 e. The molecule has 1 heterocycles.